The van der Waals surface area contributed by atoms with Crippen molar-refractivity contribution in [1.29, 1.82) is 0 Å². The molecule has 0 spiro atoms. The Morgan fingerprint density at radius 1 is 1.44 bits per heavy atom. The number of likely N-dealkylation sites (tertiary alicyclic amines) is 1. The molecule has 0 radical (unpaired) electrons. The van der Waals surface area contributed by atoms with Gasteiger partial charge in [-0.1, -0.05) is 22.9 Å². The summed E-state index contributed by atoms with van der Waals surface area (Å²) in [7, 11) is 0. The van der Waals surface area contributed by atoms with Crippen molar-refractivity contribution in [3.05, 3.63) is 0 Å². The Kier molecular flexibility index (Phi) is 6.85. The Balaban J connectivity index is 2.09. The number of carbonyl (C=O) groups is 1. The first-order valence-electron chi connectivity index (χ1n) is 6.21. The monoisotopic (exact) mass is 291 g/mol. The molecule has 1 heterocycles. The fourth-order valence-electron chi connectivity index (χ4n) is 1.98. The first-order valence-corrected chi connectivity index (χ1v) is 7.34. The first-order chi connectivity index (χ1) is 7.74. The van der Waals surface area contributed by atoms with Gasteiger partial charge in [-0.3, -0.25) is 0 Å². The quantitative estimate of drug-likeness (QED) is 0.574. The van der Waals surface area contributed by atoms with E-state index in [4.69, 9.17) is 4.74 Å². The lowest BCUT2D eigenvalue weighted by molar-refractivity contribution is 0.0851. The van der Waals surface area contributed by atoms with Gasteiger partial charge in [0.15, 0.2) is 0 Å². The highest BCUT2D eigenvalue weighted by Gasteiger charge is 2.21. The Hall–Kier alpha value is -0.250. The van der Waals surface area contributed by atoms with Crippen molar-refractivity contribution >= 4 is 22.0 Å². The molecule has 1 atom stereocenters. The van der Waals surface area contributed by atoms with E-state index in [0.29, 0.717) is 12.5 Å². The number of amides is 1. The van der Waals surface area contributed by atoms with Gasteiger partial charge in [-0.2, -0.15) is 0 Å². The second kappa shape index (κ2) is 7.93. The molecule has 0 aromatic heterocycles. The number of ether oxygens (including phenoxy) is 1. The van der Waals surface area contributed by atoms with E-state index in [9.17, 15) is 4.79 Å². The normalized spacial score (nSPS) is 20.9. The molecule has 3 nitrogen and oxygen atoms in total. The zero-order valence-electron chi connectivity index (χ0n) is 10.1. The van der Waals surface area contributed by atoms with Gasteiger partial charge < -0.3 is 9.64 Å². The van der Waals surface area contributed by atoms with Crippen LogP contribution in [0.5, 0.6) is 0 Å². The van der Waals surface area contributed by atoms with Crippen LogP contribution in [0.25, 0.3) is 0 Å². The summed E-state index contributed by atoms with van der Waals surface area (Å²) in [6.45, 7) is 4.48. The molecule has 0 aromatic rings. The van der Waals surface area contributed by atoms with E-state index in [1.807, 2.05) is 4.90 Å². The molecule has 0 aromatic carbocycles. The van der Waals surface area contributed by atoms with Gasteiger partial charge in [-0.25, -0.2) is 4.79 Å². The van der Waals surface area contributed by atoms with Crippen molar-refractivity contribution in [1.82, 2.24) is 4.90 Å². The maximum Gasteiger partial charge on any atom is 0.409 e. The van der Waals surface area contributed by atoms with Gasteiger partial charge in [-0.15, -0.1) is 0 Å². The number of hydrogen-bond acceptors (Lipinski definition) is 2. The Bertz CT molecular complexity index is 211. The van der Waals surface area contributed by atoms with E-state index in [1.54, 1.807) is 0 Å². The van der Waals surface area contributed by atoms with Gasteiger partial charge in [0.2, 0.25) is 0 Å². The minimum atomic E-state index is -0.120. The third-order valence-electron chi connectivity index (χ3n) is 2.92. The van der Waals surface area contributed by atoms with Gasteiger partial charge in [0, 0.05) is 18.4 Å². The first kappa shape index (κ1) is 13.8. The molecule has 1 saturated heterocycles. The van der Waals surface area contributed by atoms with Crippen LogP contribution in [-0.4, -0.2) is 36.0 Å². The molecule has 4 heteroatoms. The minimum Gasteiger partial charge on any atom is -0.449 e. The van der Waals surface area contributed by atoms with Crippen LogP contribution in [0.2, 0.25) is 0 Å². The summed E-state index contributed by atoms with van der Waals surface area (Å²) >= 11 is 3.38. The lowest BCUT2D eigenvalue weighted by Gasteiger charge is -2.30. The number of hydrogen-bond donors (Lipinski definition) is 0. The lowest BCUT2D eigenvalue weighted by Crippen LogP contribution is -2.39. The van der Waals surface area contributed by atoms with Gasteiger partial charge in [-0.05, 0) is 38.0 Å². The predicted molar refractivity (Wildman–Crippen MR) is 69.0 cm³/mol. The summed E-state index contributed by atoms with van der Waals surface area (Å²) in [5, 5.41) is 1.03. The molecule has 94 valence electrons. The lowest BCUT2D eigenvalue weighted by atomic mass is 10.0. The maximum atomic E-state index is 11.7. The number of piperidine rings is 1. The van der Waals surface area contributed by atoms with Crippen molar-refractivity contribution in [2.45, 2.75) is 39.0 Å². The van der Waals surface area contributed by atoms with E-state index in [2.05, 4.69) is 22.9 Å². The van der Waals surface area contributed by atoms with Crippen LogP contribution in [0.1, 0.15) is 39.0 Å². The van der Waals surface area contributed by atoms with Crippen LogP contribution >= 0.6 is 15.9 Å². The van der Waals surface area contributed by atoms with E-state index >= 15 is 0 Å². The van der Waals surface area contributed by atoms with Crippen molar-refractivity contribution in [2.24, 2.45) is 5.92 Å². The molecular formula is C12H22BrNO2. The van der Waals surface area contributed by atoms with Gasteiger partial charge >= 0.3 is 6.09 Å². The summed E-state index contributed by atoms with van der Waals surface area (Å²) in [6.07, 6.45) is 5.47. The molecule has 1 fully saturated rings. The summed E-state index contributed by atoms with van der Waals surface area (Å²) in [5.74, 6) is 0.620. The van der Waals surface area contributed by atoms with Crippen molar-refractivity contribution < 1.29 is 9.53 Å². The number of carbonyl (C=O) groups excluding carboxylic acids is 1. The van der Waals surface area contributed by atoms with E-state index in [-0.39, 0.29) is 6.09 Å². The number of unbranched alkanes of at least 4 members (excludes halogenated alkanes) is 2. The van der Waals surface area contributed by atoms with E-state index < -0.39 is 0 Å². The SMILES string of the molecule is CC1CCCN(C(=O)OCCCCCBr)C1. The number of halogens is 1. The Morgan fingerprint density at radius 2 is 2.25 bits per heavy atom. The zero-order chi connectivity index (χ0) is 11.8. The fraction of sp³-hybridized carbons (Fsp3) is 0.917. The van der Waals surface area contributed by atoms with Crippen LogP contribution in [-0.2, 0) is 4.74 Å². The third-order valence-corrected chi connectivity index (χ3v) is 3.48. The van der Waals surface area contributed by atoms with Crippen molar-refractivity contribution in [3.63, 3.8) is 0 Å². The average molecular weight is 292 g/mol. The number of nitrogens with zero attached hydrogens (tertiary/aromatic N) is 1. The Morgan fingerprint density at radius 3 is 2.94 bits per heavy atom. The minimum absolute atomic E-state index is 0.120. The van der Waals surface area contributed by atoms with Crippen LogP contribution in [0.15, 0.2) is 0 Å². The van der Waals surface area contributed by atoms with Crippen LogP contribution in [0.4, 0.5) is 4.79 Å². The van der Waals surface area contributed by atoms with Crippen molar-refractivity contribution in [3.8, 4) is 0 Å². The summed E-state index contributed by atoms with van der Waals surface area (Å²) in [5.41, 5.74) is 0. The summed E-state index contributed by atoms with van der Waals surface area (Å²) in [4.78, 5) is 13.5. The molecule has 1 amide bonds. The molecule has 0 N–H and O–H groups in total. The number of rotatable bonds is 5. The standard InChI is InChI=1S/C12H22BrNO2/c1-11-6-5-8-14(10-11)12(15)16-9-4-2-3-7-13/h11H,2-10H2,1H3. The smallest absolute Gasteiger partial charge is 0.409 e. The molecule has 1 aliphatic heterocycles. The van der Waals surface area contributed by atoms with Crippen LogP contribution < -0.4 is 0 Å². The zero-order valence-corrected chi connectivity index (χ0v) is 11.7. The molecule has 1 rings (SSSR count). The van der Waals surface area contributed by atoms with E-state index in [1.165, 1.54) is 6.42 Å². The highest BCUT2D eigenvalue weighted by atomic mass is 79.9. The maximum absolute atomic E-state index is 11.7. The highest BCUT2D eigenvalue weighted by molar-refractivity contribution is 9.09. The third kappa shape index (κ3) is 5.19. The Labute approximate surface area is 107 Å². The average Bonchev–Trinajstić information content (AvgIpc) is 2.28. The fourth-order valence-corrected chi connectivity index (χ4v) is 2.38. The predicted octanol–water partition coefficient (Wildman–Crippen LogP) is 3.42. The highest BCUT2D eigenvalue weighted by Crippen LogP contribution is 2.16. The second-order valence-corrected chi connectivity index (χ2v) is 5.35. The molecule has 1 unspecified atom stereocenters. The molecule has 0 aliphatic carbocycles. The van der Waals surface area contributed by atoms with Crippen molar-refractivity contribution in [2.75, 3.05) is 25.0 Å². The molecule has 0 bridgehead atoms. The van der Waals surface area contributed by atoms with Gasteiger partial charge in [0.25, 0.3) is 0 Å². The second-order valence-electron chi connectivity index (χ2n) is 4.56. The van der Waals surface area contributed by atoms with Gasteiger partial charge in [0.1, 0.15) is 0 Å². The molecule has 0 saturated carbocycles. The molecule has 1 aliphatic rings. The molecule has 16 heavy (non-hydrogen) atoms. The summed E-state index contributed by atoms with van der Waals surface area (Å²) in [6, 6.07) is 0. The topological polar surface area (TPSA) is 29.5 Å². The van der Waals surface area contributed by atoms with Crippen LogP contribution in [0, 0.1) is 5.92 Å². The largest absolute Gasteiger partial charge is 0.449 e. The summed E-state index contributed by atoms with van der Waals surface area (Å²) < 4.78 is 5.25. The van der Waals surface area contributed by atoms with Crippen LogP contribution in [0.3, 0.4) is 0 Å². The van der Waals surface area contributed by atoms with E-state index in [0.717, 1.165) is 44.1 Å². The van der Waals surface area contributed by atoms with Gasteiger partial charge in [0.05, 0.1) is 6.61 Å². The number of alkyl halides is 1. The molecular weight excluding hydrogens is 270 g/mol.